The molecule has 0 aliphatic rings. The average molecular weight is 331 g/mol. The first kappa shape index (κ1) is 20.1. The second kappa shape index (κ2) is 7.95. The van der Waals surface area contributed by atoms with Crippen LogP contribution in [0.15, 0.2) is 18.2 Å². The summed E-state index contributed by atoms with van der Waals surface area (Å²) in [5.41, 5.74) is 10.6. The summed E-state index contributed by atoms with van der Waals surface area (Å²) in [5, 5.41) is 13.7. The number of anilines is 1. The van der Waals surface area contributed by atoms with E-state index in [1.54, 1.807) is 0 Å². The van der Waals surface area contributed by atoms with Crippen LogP contribution in [-0.2, 0) is 0 Å². The Labute approximate surface area is 136 Å². The van der Waals surface area contributed by atoms with Crippen LogP contribution in [-0.4, -0.2) is 22.9 Å². The SMILES string of the molecule is CC(C)CC(C)(CN)NC(=O)c1ccc(N)c([N+](=O)[O-])c1.Cl. The maximum Gasteiger partial charge on any atom is 0.292 e. The topological polar surface area (TPSA) is 124 Å². The Morgan fingerprint density at radius 1 is 1.45 bits per heavy atom. The van der Waals surface area contributed by atoms with Crippen LogP contribution in [0, 0.1) is 16.0 Å². The number of nitrogen functional groups attached to an aromatic ring is 1. The van der Waals surface area contributed by atoms with E-state index >= 15 is 0 Å². The maximum absolute atomic E-state index is 12.3. The van der Waals surface area contributed by atoms with Crippen LogP contribution in [0.5, 0.6) is 0 Å². The van der Waals surface area contributed by atoms with E-state index < -0.39 is 16.4 Å². The van der Waals surface area contributed by atoms with Gasteiger partial charge in [0.1, 0.15) is 5.69 Å². The Morgan fingerprint density at radius 3 is 2.50 bits per heavy atom. The molecule has 0 aromatic heterocycles. The smallest absolute Gasteiger partial charge is 0.292 e. The van der Waals surface area contributed by atoms with Crippen molar-refractivity contribution in [2.75, 3.05) is 12.3 Å². The van der Waals surface area contributed by atoms with E-state index in [0.717, 1.165) is 0 Å². The number of benzene rings is 1. The molecule has 124 valence electrons. The number of amides is 1. The minimum Gasteiger partial charge on any atom is -0.393 e. The predicted octanol–water partition coefficient (Wildman–Crippen LogP) is 2.09. The van der Waals surface area contributed by atoms with Gasteiger partial charge in [-0.2, -0.15) is 0 Å². The molecule has 1 unspecified atom stereocenters. The Kier molecular flexibility index (Phi) is 7.28. The summed E-state index contributed by atoms with van der Waals surface area (Å²) in [5.74, 6) is -0.0358. The number of rotatable bonds is 6. The minimum atomic E-state index is -0.609. The molecule has 1 rings (SSSR count). The molecule has 8 heteroatoms. The first-order chi connectivity index (χ1) is 9.68. The van der Waals surface area contributed by atoms with Gasteiger partial charge in [-0.1, -0.05) is 13.8 Å². The second-order valence-electron chi connectivity index (χ2n) is 5.85. The zero-order chi connectivity index (χ0) is 16.2. The van der Waals surface area contributed by atoms with Gasteiger partial charge in [-0.15, -0.1) is 12.4 Å². The van der Waals surface area contributed by atoms with Gasteiger partial charge in [0.05, 0.1) is 4.92 Å². The standard InChI is InChI=1S/C14H22N4O3.ClH/c1-9(2)7-14(3,8-15)17-13(19)10-4-5-11(16)12(6-10)18(20)21;/h4-6,9H,7-8,15-16H2,1-3H3,(H,17,19);1H. The maximum atomic E-state index is 12.3. The molecule has 22 heavy (non-hydrogen) atoms. The molecule has 1 aromatic carbocycles. The van der Waals surface area contributed by atoms with Gasteiger partial charge in [0.25, 0.3) is 11.6 Å². The lowest BCUT2D eigenvalue weighted by atomic mass is 9.90. The summed E-state index contributed by atoms with van der Waals surface area (Å²) in [7, 11) is 0. The Morgan fingerprint density at radius 2 is 2.05 bits per heavy atom. The molecule has 7 nitrogen and oxygen atoms in total. The lowest BCUT2D eigenvalue weighted by Gasteiger charge is -2.31. The molecule has 0 heterocycles. The monoisotopic (exact) mass is 330 g/mol. The van der Waals surface area contributed by atoms with Crippen LogP contribution in [0.4, 0.5) is 11.4 Å². The van der Waals surface area contributed by atoms with Crippen molar-refractivity contribution in [1.29, 1.82) is 0 Å². The number of nitro groups is 1. The molecule has 0 aliphatic heterocycles. The molecule has 0 aliphatic carbocycles. The van der Waals surface area contributed by atoms with E-state index in [1.807, 2.05) is 20.8 Å². The van der Waals surface area contributed by atoms with Crippen molar-refractivity contribution in [3.8, 4) is 0 Å². The van der Waals surface area contributed by atoms with E-state index in [4.69, 9.17) is 11.5 Å². The molecule has 0 saturated heterocycles. The first-order valence-corrected chi connectivity index (χ1v) is 6.75. The quantitative estimate of drug-likeness (QED) is 0.418. The number of nitrogens with two attached hydrogens (primary N) is 2. The summed E-state index contributed by atoms with van der Waals surface area (Å²) in [6.45, 7) is 6.22. The van der Waals surface area contributed by atoms with E-state index in [1.165, 1.54) is 18.2 Å². The summed E-state index contributed by atoms with van der Waals surface area (Å²) in [6.07, 6.45) is 0.715. The number of carbonyl (C=O) groups is 1. The highest BCUT2D eigenvalue weighted by Crippen LogP contribution is 2.23. The fourth-order valence-corrected chi connectivity index (χ4v) is 2.28. The van der Waals surface area contributed by atoms with Crippen molar-refractivity contribution in [3.05, 3.63) is 33.9 Å². The van der Waals surface area contributed by atoms with Crippen molar-refractivity contribution in [2.24, 2.45) is 11.7 Å². The lowest BCUT2D eigenvalue weighted by Crippen LogP contribution is -2.52. The summed E-state index contributed by atoms with van der Waals surface area (Å²) < 4.78 is 0. The summed E-state index contributed by atoms with van der Waals surface area (Å²) in [6, 6.07) is 4.00. The van der Waals surface area contributed by atoms with Gasteiger partial charge < -0.3 is 16.8 Å². The summed E-state index contributed by atoms with van der Waals surface area (Å²) >= 11 is 0. The molecule has 5 N–H and O–H groups in total. The van der Waals surface area contributed by atoms with Crippen LogP contribution in [0.25, 0.3) is 0 Å². The first-order valence-electron chi connectivity index (χ1n) is 6.75. The van der Waals surface area contributed by atoms with Gasteiger partial charge in [-0.3, -0.25) is 14.9 Å². The molecule has 0 bridgehead atoms. The number of nitrogens with one attached hydrogen (secondary N) is 1. The third-order valence-electron chi connectivity index (χ3n) is 3.21. The molecule has 0 saturated carbocycles. The highest BCUT2D eigenvalue weighted by molar-refractivity contribution is 5.96. The van der Waals surface area contributed by atoms with Gasteiger partial charge >= 0.3 is 0 Å². The molecular formula is C14H23ClN4O3. The van der Waals surface area contributed by atoms with Crippen molar-refractivity contribution >= 4 is 29.7 Å². The minimum absolute atomic E-state index is 0. The molecule has 1 amide bonds. The van der Waals surface area contributed by atoms with Crippen LogP contribution in [0.2, 0.25) is 0 Å². The van der Waals surface area contributed by atoms with Crippen LogP contribution in [0.3, 0.4) is 0 Å². The van der Waals surface area contributed by atoms with Crippen molar-refractivity contribution in [3.63, 3.8) is 0 Å². The molecule has 0 fully saturated rings. The number of carbonyl (C=O) groups excluding carboxylic acids is 1. The Bertz CT molecular complexity index is 551. The van der Waals surface area contributed by atoms with Crippen LogP contribution in [0.1, 0.15) is 37.6 Å². The highest BCUT2D eigenvalue weighted by atomic mass is 35.5. The zero-order valence-electron chi connectivity index (χ0n) is 13.0. The van der Waals surface area contributed by atoms with E-state index in [0.29, 0.717) is 12.3 Å². The molecule has 0 radical (unpaired) electrons. The number of nitrogens with zero attached hydrogens (tertiary/aromatic N) is 1. The Hall–Kier alpha value is -1.86. The molecule has 1 aromatic rings. The second-order valence-corrected chi connectivity index (χ2v) is 5.85. The van der Waals surface area contributed by atoms with Gasteiger partial charge in [-0.05, 0) is 31.4 Å². The van der Waals surface area contributed by atoms with Crippen molar-refractivity contribution in [1.82, 2.24) is 5.32 Å². The van der Waals surface area contributed by atoms with Crippen LogP contribution < -0.4 is 16.8 Å². The zero-order valence-corrected chi connectivity index (χ0v) is 13.8. The number of halogens is 1. The molecule has 1 atom stereocenters. The number of hydrogen-bond donors (Lipinski definition) is 3. The Balaban J connectivity index is 0.00000441. The largest absolute Gasteiger partial charge is 0.393 e. The van der Waals surface area contributed by atoms with E-state index in [9.17, 15) is 14.9 Å². The van der Waals surface area contributed by atoms with Crippen molar-refractivity contribution < 1.29 is 9.72 Å². The van der Waals surface area contributed by atoms with Crippen LogP contribution >= 0.6 is 12.4 Å². The fraction of sp³-hybridized carbons (Fsp3) is 0.500. The normalized spacial score (nSPS) is 13.1. The van der Waals surface area contributed by atoms with Gasteiger partial charge in [0, 0.05) is 23.7 Å². The fourth-order valence-electron chi connectivity index (χ4n) is 2.28. The third-order valence-corrected chi connectivity index (χ3v) is 3.21. The summed E-state index contributed by atoms with van der Waals surface area (Å²) in [4.78, 5) is 22.5. The van der Waals surface area contributed by atoms with Gasteiger partial charge in [0.2, 0.25) is 0 Å². The van der Waals surface area contributed by atoms with Crippen molar-refractivity contribution in [2.45, 2.75) is 32.7 Å². The predicted molar refractivity (Wildman–Crippen MR) is 89.1 cm³/mol. The number of nitro benzene ring substituents is 1. The third kappa shape index (κ3) is 5.16. The molecule has 0 spiro atoms. The van der Waals surface area contributed by atoms with Gasteiger partial charge in [-0.25, -0.2) is 0 Å². The highest BCUT2D eigenvalue weighted by Gasteiger charge is 2.27. The van der Waals surface area contributed by atoms with Gasteiger partial charge in [0.15, 0.2) is 0 Å². The number of hydrogen-bond acceptors (Lipinski definition) is 5. The van der Waals surface area contributed by atoms with E-state index in [2.05, 4.69) is 5.32 Å². The average Bonchev–Trinajstić information content (AvgIpc) is 2.37. The molecular weight excluding hydrogens is 308 g/mol. The van der Waals surface area contributed by atoms with E-state index in [-0.39, 0.29) is 35.9 Å². The lowest BCUT2D eigenvalue weighted by molar-refractivity contribution is -0.383.